The summed E-state index contributed by atoms with van der Waals surface area (Å²) in [6.45, 7) is 3.46. The van der Waals surface area contributed by atoms with E-state index in [1.54, 1.807) is 6.08 Å². The highest BCUT2D eigenvalue weighted by Gasteiger charge is 2.27. The van der Waals surface area contributed by atoms with Crippen LogP contribution in [-0.4, -0.2) is 51.4 Å². The van der Waals surface area contributed by atoms with Crippen LogP contribution in [0.5, 0.6) is 5.75 Å². The number of aromatic hydroxyl groups is 1. The third-order valence-electron chi connectivity index (χ3n) is 3.19. The van der Waals surface area contributed by atoms with Crippen molar-refractivity contribution in [2.24, 2.45) is 4.99 Å². The second-order valence-corrected chi connectivity index (χ2v) is 5.02. The molecule has 0 heterocycles. The van der Waals surface area contributed by atoms with Gasteiger partial charge in [-0.2, -0.15) is 0 Å². The van der Waals surface area contributed by atoms with Crippen LogP contribution in [0.3, 0.4) is 0 Å². The first-order chi connectivity index (χ1) is 11.9. The molecule has 0 saturated carbocycles. The SMILES string of the molecule is C=C/C=C\N=C\CC(=O)NC(Cc1cccc(C(=O)O)c1O)B(O)O. The molecule has 132 valence electrons. The Labute approximate surface area is 145 Å². The van der Waals surface area contributed by atoms with E-state index in [9.17, 15) is 24.7 Å². The molecule has 8 nitrogen and oxygen atoms in total. The van der Waals surface area contributed by atoms with E-state index in [1.165, 1.54) is 36.7 Å². The molecular formula is C16H19BN2O6. The Morgan fingerprint density at radius 1 is 1.36 bits per heavy atom. The van der Waals surface area contributed by atoms with Gasteiger partial charge in [0.1, 0.15) is 11.3 Å². The zero-order valence-electron chi connectivity index (χ0n) is 13.4. The standard InChI is InChI=1S/C16H19BN2O6/c1-2-3-8-18-9-7-14(20)19-13(17(24)25)10-11-5-4-6-12(15(11)21)16(22)23/h2-6,8-9,13,21,24-25H,1,7,10H2,(H,19,20)(H,22,23)/b8-3-,18-9+. The summed E-state index contributed by atoms with van der Waals surface area (Å²) in [6.07, 6.45) is 5.61. The summed E-state index contributed by atoms with van der Waals surface area (Å²) in [7, 11) is -1.89. The smallest absolute Gasteiger partial charge is 0.475 e. The Balaban J connectivity index is 2.78. The number of phenols is 1. The fourth-order valence-corrected chi connectivity index (χ4v) is 1.97. The van der Waals surface area contributed by atoms with Gasteiger partial charge in [-0.3, -0.25) is 9.79 Å². The Morgan fingerprint density at radius 3 is 2.68 bits per heavy atom. The molecule has 0 aliphatic carbocycles. The van der Waals surface area contributed by atoms with Crippen LogP contribution >= 0.6 is 0 Å². The molecule has 0 aliphatic rings. The molecule has 0 bridgehead atoms. The van der Waals surface area contributed by atoms with Crippen LogP contribution in [-0.2, 0) is 11.2 Å². The number of carboxylic acid groups (broad SMARTS) is 1. The summed E-state index contributed by atoms with van der Waals surface area (Å²) in [5, 5.41) is 40.2. The van der Waals surface area contributed by atoms with Gasteiger partial charge in [0.2, 0.25) is 5.91 Å². The lowest BCUT2D eigenvalue weighted by atomic mass is 9.75. The quantitative estimate of drug-likeness (QED) is 0.247. The third-order valence-corrected chi connectivity index (χ3v) is 3.19. The molecule has 9 heteroatoms. The molecule has 0 aromatic heterocycles. The highest BCUT2D eigenvalue weighted by molar-refractivity contribution is 6.43. The number of benzene rings is 1. The molecule has 1 aromatic rings. The van der Waals surface area contributed by atoms with Crippen molar-refractivity contribution < 1.29 is 29.9 Å². The first kappa shape index (κ1) is 20.1. The number of hydrogen-bond donors (Lipinski definition) is 5. The highest BCUT2D eigenvalue weighted by Crippen LogP contribution is 2.23. The number of hydrogen-bond acceptors (Lipinski definition) is 6. The molecule has 0 spiro atoms. The lowest BCUT2D eigenvalue weighted by Crippen LogP contribution is -2.48. The first-order valence-electron chi connectivity index (χ1n) is 7.35. The predicted molar refractivity (Wildman–Crippen MR) is 93.3 cm³/mol. The number of aromatic carboxylic acids is 1. The molecule has 0 radical (unpaired) electrons. The summed E-state index contributed by atoms with van der Waals surface area (Å²) in [4.78, 5) is 26.6. The number of allylic oxidation sites excluding steroid dienone is 2. The van der Waals surface area contributed by atoms with Crippen LogP contribution in [0.25, 0.3) is 0 Å². The molecule has 0 aliphatic heterocycles. The average Bonchev–Trinajstić information content (AvgIpc) is 2.55. The predicted octanol–water partition coefficient (Wildman–Crippen LogP) is 0.290. The normalized spacial score (nSPS) is 12.2. The number of nitrogens with zero attached hydrogens (tertiary/aromatic N) is 1. The molecular weight excluding hydrogens is 327 g/mol. The van der Waals surface area contributed by atoms with Gasteiger partial charge in [0.25, 0.3) is 0 Å². The van der Waals surface area contributed by atoms with E-state index in [2.05, 4.69) is 16.9 Å². The second-order valence-electron chi connectivity index (χ2n) is 5.02. The average molecular weight is 346 g/mol. The molecule has 0 saturated heterocycles. The number of carboxylic acids is 1. The largest absolute Gasteiger partial charge is 0.507 e. The van der Waals surface area contributed by atoms with Crippen LogP contribution in [0.2, 0.25) is 0 Å². The maximum atomic E-state index is 11.8. The van der Waals surface area contributed by atoms with Crippen molar-refractivity contribution in [3.8, 4) is 5.75 Å². The number of aliphatic imine (C=N–C) groups is 1. The molecule has 1 unspecified atom stereocenters. The van der Waals surface area contributed by atoms with Crippen LogP contribution in [0.15, 0.2) is 48.1 Å². The van der Waals surface area contributed by atoms with Gasteiger partial charge in [-0.25, -0.2) is 4.79 Å². The summed E-state index contributed by atoms with van der Waals surface area (Å²) in [6, 6.07) is 4.07. The Kier molecular flexibility index (Phi) is 8.11. The van der Waals surface area contributed by atoms with Gasteiger partial charge in [-0.15, -0.1) is 0 Å². The molecule has 1 atom stereocenters. The van der Waals surface area contributed by atoms with Crippen LogP contribution < -0.4 is 5.32 Å². The fraction of sp³-hybridized carbons (Fsp3) is 0.188. The van der Waals surface area contributed by atoms with Gasteiger partial charge in [0, 0.05) is 12.4 Å². The zero-order valence-corrected chi connectivity index (χ0v) is 13.4. The van der Waals surface area contributed by atoms with Crippen LogP contribution in [0, 0.1) is 0 Å². The van der Waals surface area contributed by atoms with Gasteiger partial charge in [0.15, 0.2) is 0 Å². The van der Waals surface area contributed by atoms with E-state index >= 15 is 0 Å². The number of nitrogens with one attached hydrogen (secondary N) is 1. The van der Waals surface area contributed by atoms with E-state index in [0.29, 0.717) is 0 Å². The van der Waals surface area contributed by atoms with E-state index < -0.39 is 30.7 Å². The Hall–Kier alpha value is -2.91. The summed E-state index contributed by atoms with van der Waals surface area (Å²) in [5.74, 6) is -3.43. The van der Waals surface area contributed by atoms with Gasteiger partial charge < -0.3 is 25.6 Å². The van der Waals surface area contributed by atoms with E-state index in [-0.39, 0.29) is 24.0 Å². The minimum Gasteiger partial charge on any atom is -0.507 e. The lowest BCUT2D eigenvalue weighted by molar-refractivity contribution is -0.120. The molecule has 1 amide bonds. The highest BCUT2D eigenvalue weighted by atomic mass is 16.4. The molecule has 1 aromatic carbocycles. The summed E-state index contributed by atoms with van der Waals surface area (Å²) in [5.41, 5.74) is -0.142. The molecule has 1 rings (SSSR count). The van der Waals surface area contributed by atoms with Crippen molar-refractivity contribution in [1.82, 2.24) is 5.32 Å². The van der Waals surface area contributed by atoms with Gasteiger partial charge in [-0.05, 0) is 24.1 Å². The molecule has 25 heavy (non-hydrogen) atoms. The zero-order chi connectivity index (χ0) is 18.8. The molecule has 5 N–H and O–H groups in total. The van der Waals surface area contributed by atoms with E-state index in [0.717, 1.165) is 0 Å². The van der Waals surface area contributed by atoms with Crippen molar-refractivity contribution in [1.29, 1.82) is 0 Å². The fourth-order valence-electron chi connectivity index (χ4n) is 1.97. The van der Waals surface area contributed by atoms with Crippen LogP contribution in [0.1, 0.15) is 22.3 Å². The maximum absolute atomic E-state index is 11.8. The minimum absolute atomic E-state index is 0.0914. The number of carbonyl (C=O) groups is 2. The topological polar surface area (TPSA) is 139 Å². The number of carbonyl (C=O) groups excluding carboxylic acids is 1. The van der Waals surface area contributed by atoms with Crippen molar-refractivity contribution in [2.75, 3.05) is 0 Å². The Morgan fingerprint density at radius 2 is 2.08 bits per heavy atom. The summed E-state index contributed by atoms with van der Waals surface area (Å²) >= 11 is 0. The minimum atomic E-state index is -1.89. The molecule has 0 fully saturated rings. The Bertz CT molecular complexity index is 687. The maximum Gasteiger partial charge on any atom is 0.475 e. The second kappa shape index (κ2) is 10.1. The number of rotatable bonds is 9. The summed E-state index contributed by atoms with van der Waals surface area (Å²) < 4.78 is 0. The number of para-hydroxylation sites is 1. The van der Waals surface area contributed by atoms with Crippen molar-refractivity contribution in [2.45, 2.75) is 18.8 Å². The van der Waals surface area contributed by atoms with E-state index in [4.69, 9.17) is 5.11 Å². The van der Waals surface area contributed by atoms with Gasteiger partial charge >= 0.3 is 13.1 Å². The van der Waals surface area contributed by atoms with Crippen molar-refractivity contribution in [3.63, 3.8) is 0 Å². The number of amides is 1. The van der Waals surface area contributed by atoms with Crippen LogP contribution in [0.4, 0.5) is 0 Å². The van der Waals surface area contributed by atoms with Gasteiger partial charge in [0.05, 0.1) is 12.4 Å². The third kappa shape index (κ3) is 6.62. The van der Waals surface area contributed by atoms with E-state index in [1.807, 2.05) is 0 Å². The van der Waals surface area contributed by atoms with Crippen molar-refractivity contribution >= 4 is 25.2 Å². The van der Waals surface area contributed by atoms with Gasteiger partial charge in [-0.1, -0.05) is 24.8 Å². The monoisotopic (exact) mass is 346 g/mol. The van der Waals surface area contributed by atoms with Crippen molar-refractivity contribution in [3.05, 3.63) is 54.3 Å². The first-order valence-corrected chi connectivity index (χ1v) is 7.35. The lowest BCUT2D eigenvalue weighted by Gasteiger charge is -2.18.